The van der Waals surface area contributed by atoms with Gasteiger partial charge in [-0.3, -0.25) is 5.32 Å². The fourth-order valence-corrected chi connectivity index (χ4v) is 2.42. The van der Waals surface area contributed by atoms with Gasteiger partial charge in [0.2, 0.25) is 0 Å². The van der Waals surface area contributed by atoms with Gasteiger partial charge in [-0.25, -0.2) is 9.78 Å². The van der Waals surface area contributed by atoms with Gasteiger partial charge in [-0.2, -0.15) is 0 Å². The first kappa shape index (κ1) is 13.8. The van der Waals surface area contributed by atoms with E-state index in [0.29, 0.717) is 11.6 Å². The zero-order chi connectivity index (χ0) is 13.7. The van der Waals surface area contributed by atoms with Crippen molar-refractivity contribution in [3.05, 3.63) is 46.4 Å². The molecule has 100 valence electrons. The topological polar surface area (TPSA) is 54.0 Å². The Bertz CT molecular complexity index is 545. The Balaban J connectivity index is 1.86. The number of rotatable bonds is 4. The van der Waals surface area contributed by atoms with Crippen LogP contribution in [0.3, 0.4) is 0 Å². The van der Waals surface area contributed by atoms with E-state index in [2.05, 4.69) is 15.6 Å². The lowest BCUT2D eigenvalue weighted by Crippen LogP contribution is -2.37. The van der Waals surface area contributed by atoms with Crippen molar-refractivity contribution < 1.29 is 4.79 Å². The summed E-state index contributed by atoms with van der Waals surface area (Å²) >= 11 is 7.46. The van der Waals surface area contributed by atoms with Gasteiger partial charge in [0.1, 0.15) is 0 Å². The Morgan fingerprint density at radius 1 is 1.47 bits per heavy atom. The number of thiazole rings is 1. The zero-order valence-electron chi connectivity index (χ0n) is 10.4. The maximum Gasteiger partial charge on any atom is 0.321 e. The molecular weight excluding hydrogens is 282 g/mol. The zero-order valence-corrected chi connectivity index (χ0v) is 12.0. The van der Waals surface area contributed by atoms with E-state index in [1.54, 1.807) is 6.20 Å². The first-order valence-corrected chi connectivity index (χ1v) is 7.11. The van der Waals surface area contributed by atoms with Crippen LogP contribution in [0.5, 0.6) is 0 Å². The average molecular weight is 296 g/mol. The number of carbonyl (C=O) groups is 1. The number of urea groups is 1. The molecule has 0 saturated heterocycles. The third-order valence-corrected chi connectivity index (χ3v) is 3.57. The summed E-state index contributed by atoms with van der Waals surface area (Å²) in [5.74, 6) is 0. The van der Waals surface area contributed by atoms with Crippen molar-refractivity contribution in [2.24, 2.45) is 0 Å². The molecule has 1 heterocycles. The predicted molar refractivity (Wildman–Crippen MR) is 78.9 cm³/mol. The number of carbonyl (C=O) groups excluding carboxylic acids is 1. The van der Waals surface area contributed by atoms with Crippen molar-refractivity contribution in [1.29, 1.82) is 0 Å². The Kier molecular flexibility index (Phi) is 4.76. The van der Waals surface area contributed by atoms with Crippen molar-refractivity contribution in [3.8, 4) is 0 Å². The third-order valence-electron chi connectivity index (χ3n) is 2.51. The lowest BCUT2D eigenvalue weighted by Gasteiger charge is -2.14. The van der Waals surface area contributed by atoms with E-state index in [9.17, 15) is 4.79 Å². The smallest absolute Gasteiger partial charge is 0.321 e. The van der Waals surface area contributed by atoms with E-state index in [4.69, 9.17) is 11.6 Å². The van der Waals surface area contributed by atoms with Crippen molar-refractivity contribution in [2.45, 2.75) is 19.4 Å². The normalized spacial score (nSPS) is 11.9. The second-order valence-corrected chi connectivity index (χ2v) is 5.43. The monoisotopic (exact) mass is 295 g/mol. The minimum absolute atomic E-state index is 0.0140. The summed E-state index contributed by atoms with van der Waals surface area (Å²) in [4.78, 5) is 15.7. The molecule has 1 atom stereocenters. The number of benzene rings is 1. The first-order valence-electron chi connectivity index (χ1n) is 5.85. The maximum atomic E-state index is 11.7. The van der Waals surface area contributed by atoms with Crippen LogP contribution in [0.1, 0.15) is 12.5 Å². The van der Waals surface area contributed by atoms with Crippen molar-refractivity contribution >= 4 is 34.1 Å². The lowest BCUT2D eigenvalue weighted by molar-refractivity contribution is 0.249. The lowest BCUT2D eigenvalue weighted by atomic mass is 10.1. The van der Waals surface area contributed by atoms with E-state index in [1.807, 2.05) is 36.6 Å². The Hall–Kier alpha value is -1.59. The molecule has 0 aliphatic carbocycles. The fraction of sp³-hybridized carbons (Fsp3) is 0.231. The van der Waals surface area contributed by atoms with E-state index >= 15 is 0 Å². The van der Waals surface area contributed by atoms with Gasteiger partial charge in [0.05, 0.1) is 0 Å². The SMILES string of the molecule is CC(Cc1ccccc1Cl)NC(=O)Nc1nccs1. The van der Waals surface area contributed by atoms with Crippen molar-refractivity contribution in [1.82, 2.24) is 10.3 Å². The summed E-state index contributed by atoms with van der Waals surface area (Å²) in [5, 5.41) is 8.64. The van der Waals surface area contributed by atoms with Gasteiger partial charge in [0.25, 0.3) is 0 Å². The third kappa shape index (κ3) is 4.22. The molecule has 19 heavy (non-hydrogen) atoms. The summed E-state index contributed by atoms with van der Waals surface area (Å²) in [5.41, 5.74) is 1.02. The molecule has 6 heteroatoms. The highest BCUT2D eigenvalue weighted by atomic mass is 35.5. The second kappa shape index (κ2) is 6.54. The van der Waals surface area contributed by atoms with Gasteiger partial charge in [0.15, 0.2) is 5.13 Å². The molecule has 0 aliphatic rings. The number of aromatic nitrogens is 1. The number of halogens is 1. The molecule has 1 unspecified atom stereocenters. The van der Waals surface area contributed by atoms with Gasteiger partial charge < -0.3 is 5.32 Å². The highest BCUT2D eigenvalue weighted by molar-refractivity contribution is 7.13. The van der Waals surface area contributed by atoms with E-state index in [-0.39, 0.29) is 12.1 Å². The van der Waals surface area contributed by atoms with Gasteiger partial charge in [0, 0.05) is 22.6 Å². The standard InChI is InChI=1S/C13H14ClN3OS/c1-9(8-10-4-2-3-5-11(10)14)16-12(18)17-13-15-6-7-19-13/h2-7,9H,8H2,1H3,(H2,15,16,17,18). The maximum absolute atomic E-state index is 11.7. The van der Waals surface area contributed by atoms with Gasteiger partial charge in [-0.15, -0.1) is 11.3 Å². The number of amides is 2. The molecule has 0 aliphatic heterocycles. The second-order valence-electron chi connectivity index (χ2n) is 4.13. The Morgan fingerprint density at radius 3 is 2.95 bits per heavy atom. The number of hydrogen-bond donors (Lipinski definition) is 2. The van der Waals surface area contributed by atoms with E-state index in [0.717, 1.165) is 10.6 Å². The summed E-state index contributed by atoms with van der Waals surface area (Å²) < 4.78 is 0. The number of anilines is 1. The summed E-state index contributed by atoms with van der Waals surface area (Å²) in [7, 11) is 0. The fourth-order valence-electron chi connectivity index (χ4n) is 1.69. The molecule has 2 N–H and O–H groups in total. The van der Waals surface area contributed by atoms with Crippen LogP contribution < -0.4 is 10.6 Å². The molecule has 1 aromatic heterocycles. The molecule has 2 rings (SSSR count). The van der Waals surface area contributed by atoms with Crippen LogP contribution in [0.4, 0.5) is 9.93 Å². The molecule has 0 spiro atoms. The van der Waals surface area contributed by atoms with E-state index < -0.39 is 0 Å². The number of nitrogens with one attached hydrogen (secondary N) is 2. The van der Waals surface area contributed by atoms with Gasteiger partial charge in [-0.05, 0) is 25.0 Å². The minimum atomic E-state index is -0.255. The molecule has 0 saturated carbocycles. The molecule has 0 radical (unpaired) electrons. The van der Waals surface area contributed by atoms with Crippen LogP contribution in [-0.4, -0.2) is 17.1 Å². The molecular formula is C13H14ClN3OS. The van der Waals surface area contributed by atoms with Crippen LogP contribution in [0.15, 0.2) is 35.8 Å². The largest absolute Gasteiger partial charge is 0.335 e. The molecule has 0 fully saturated rings. The molecule has 1 aromatic carbocycles. The molecule has 2 aromatic rings. The van der Waals surface area contributed by atoms with Crippen molar-refractivity contribution in [3.63, 3.8) is 0 Å². The highest BCUT2D eigenvalue weighted by Gasteiger charge is 2.10. The van der Waals surface area contributed by atoms with Gasteiger partial charge >= 0.3 is 6.03 Å². The van der Waals surface area contributed by atoms with E-state index in [1.165, 1.54) is 11.3 Å². The Labute approximate surface area is 120 Å². The summed E-state index contributed by atoms with van der Waals surface area (Å²) in [6.45, 7) is 1.94. The minimum Gasteiger partial charge on any atom is -0.335 e. The highest BCUT2D eigenvalue weighted by Crippen LogP contribution is 2.16. The predicted octanol–water partition coefficient (Wildman–Crippen LogP) is 3.55. The summed E-state index contributed by atoms with van der Waals surface area (Å²) in [6.07, 6.45) is 2.33. The van der Waals surface area contributed by atoms with Crippen molar-refractivity contribution in [2.75, 3.05) is 5.32 Å². The number of nitrogens with zero attached hydrogens (tertiary/aromatic N) is 1. The van der Waals surface area contributed by atoms with Crippen LogP contribution >= 0.6 is 22.9 Å². The molecule has 4 nitrogen and oxygen atoms in total. The first-order chi connectivity index (χ1) is 9.15. The summed E-state index contributed by atoms with van der Waals surface area (Å²) in [6, 6.07) is 7.36. The number of hydrogen-bond acceptors (Lipinski definition) is 3. The van der Waals surface area contributed by atoms with Gasteiger partial charge in [-0.1, -0.05) is 29.8 Å². The average Bonchev–Trinajstić information content (AvgIpc) is 2.84. The van der Waals surface area contributed by atoms with Crippen LogP contribution in [0.25, 0.3) is 0 Å². The quantitative estimate of drug-likeness (QED) is 0.906. The molecule has 0 bridgehead atoms. The van der Waals surface area contributed by atoms with Crippen LogP contribution in [-0.2, 0) is 6.42 Å². The van der Waals surface area contributed by atoms with Crippen LogP contribution in [0, 0.1) is 0 Å². The Morgan fingerprint density at radius 2 is 2.26 bits per heavy atom. The molecule has 2 amide bonds. The van der Waals surface area contributed by atoms with Crippen LogP contribution in [0.2, 0.25) is 5.02 Å².